The molecule has 1 amide bonds. The molecule has 1 saturated heterocycles. The Morgan fingerprint density at radius 2 is 1.83 bits per heavy atom. The zero-order valence-electron chi connectivity index (χ0n) is 13.7. The first-order valence-corrected chi connectivity index (χ1v) is 8.01. The Bertz CT molecular complexity index is 773. The molecule has 0 spiro atoms. The molecule has 1 fully saturated rings. The van der Waals surface area contributed by atoms with Crippen LogP contribution in [0.1, 0.15) is 15.9 Å². The summed E-state index contributed by atoms with van der Waals surface area (Å²) in [5, 5.41) is 12.0. The molecule has 0 unspecified atom stereocenters. The summed E-state index contributed by atoms with van der Waals surface area (Å²) in [6, 6.07) is 16.6. The third-order valence-corrected chi connectivity index (χ3v) is 4.25. The molecule has 0 atom stereocenters. The lowest BCUT2D eigenvalue weighted by atomic mass is 10.1. The second-order valence-electron chi connectivity index (χ2n) is 5.95. The van der Waals surface area contributed by atoms with E-state index in [1.807, 2.05) is 24.3 Å². The van der Waals surface area contributed by atoms with Crippen LogP contribution in [0.15, 0.2) is 48.5 Å². The number of carbonyl (C=O) groups is 1. The van der Waals surface area contributed by atoms with Gasteiger partial charge in [-0.1, -0.05) is 18.2 Å². The van der Waals surface area contributed by atoms with Crippen LogP contribution >= 0.6 is 0 Å². The van der Waals surface area contributed by atoms with Crippen molar-refractivity contribution in [1.82, 2.24) is 4.90 Å². The Morgan fingerprint density at radius 1 is 1.08 bits per heavy atom. The number of carbonyl (C=O) groups excluding carboxylic acids is 1. The number of benzene rings is 2. The Morgan fingerprint density at radius 3 is 2.58 bits per heavy atom. The zero-order chi connectivity index (χ0) is 16.9. The summed E-state index contributed by atoms with van der Waals surface area (Å²) in [5.74, 6) is -0.200. The van der Waals surface area contributed by atoms with Crippen LogP contribution in [0.2, 0.25) is 0 Å². The van der Waals surface area contributed by atoms with Gasteiger partial charge in [0.05, 0.1) is 23.0 Å². The number of hydrogen-bond donors (Lipinski definition) is 1. The fourth-order valence-electron chi connectivity index (χ4n) is 2.83. The first kappa shape index (κ1) is 16.0. The van der Waals surface area contributed by atoms with Gasteiger partial charge in [0.25, 0.3) is 5.91 Å². The van der Waals surface area contributed by atoms with Crippen molar-refractivity contribution < 1.29 is 4.79 Å². The van der Waals surface area contributed by atoms with E-state index in [9.17, 15) is 4.79 Å². The highest BCUT2D eigenvalue weighted by atomic mass is 16.1. The number of piperazine rings is 1. The zero-order valence-corrected chi connectivity index (χ0v) is 13.7. The van der Waals surface area contributed by atoms with Gasteiger partial charge in [-0.15, -0.1) is 0 Å². The molecule has 1 N–H and O–H groups in total. The number of nitriles is 1. The van der Waals surface area contributed by atoms with Gasteiger partial charge in [-0.25, -0.2) is 0 Å². The van der Waals surface area contributed by atoms with Crippen LogP contribution in [-0.2, 0) is 0 Å². The highest BCUT2D eigenvalue weighted by molar-refractivity contribution is 6.06. The minimum absolute atomic E-state index is 0.200. The van der Waals surface area contributed by atoms with Crippen LogP contribution < -0.4 is 10.2 Å². The predicted molar refractivity (Wildman–Crippen MR) is 95.3 cm³/mol. The molecule has 1 aliphatic heterocycles. The standard InChI is InChI=1S/C19H20N4O/c1-22-9-11-23(12-10-22)18-8-3-2-7-17(18)21-19(24)16-6-4-5-15(13-16)14-20/h2-8,13H,9-12H2,1H3,(H,21,24). The van der Waals surface area contributed by atoms with Crippen molar-refractivity contribution in [2.75, 3.05) is 43.4 Å². The summed E-state index contributed by atoms with van der Waals surface area (Å²) in [7, 11) is 2.12. The third kappa shape index (κ3) is 3.55. The lowest BCUT2D eigenvalue weighted by Gasteiger charge is -2.35. The van der Waals surface area contributed by atoms with Crippen LogP contribution in [0.4, 0.5) is 11.4 Å². The minimum Gasteiger partial charge on any atom is -0.367 e. The van der Waals surface area contributed by atoms with Crippen molar-refractivity contribution in [3.63, 3.8) is 0 Å². The normalized spacial score (nSPS) is 14.9. The van der Waals surface area contributed by atoms with E-state index in [4.69, 9.17) is 5.26 Å². The van der Waals surface area contributed by atoms with Gasteiger partial charge in [-0.05, 0) is 37.4 Å². The molecule has 2 aromatic carbocycles. The average molecular weight is 320 g/mol. The summed E-state index contributed by atoms with van der Waals surface area (Å²) in [6.07, 6.45) is 0. The maximum atomic E-state index is 12.5. The largest absolute Gasteiger partial charge is 0.367 e. The van der Waals surface area contributed by atoms with E-state index in [0.29, 0.717) is 11.1 Å². The first-order valence-electron chi connectivity index (χ1n) is 8.01. The van der Waals surface area contributed by atoms with Gasteiger partial charge in [-0.2, -0.15) is 5.26 Å². The van der Waals surface area contributed by atoms with Crippen LogP contribution in [0.3, 0.4) is 0 Å². The molecule has 0 radical (unpaired) electrons. The molecular weight excluding hydrogens is 300 g/mol. The fourth-order valence-corrected chi connectivity index (χ4v) is 2.83. The number of para-hydroxylation sites is 2. The molecule has 3 rings (SSSR count). The number of hydrogen-bond acceptors (Lipinski definition) is 4. The Labute approximate surface area is 142 Å². The van der Waals surface area contributed by atoms with Crippen molar-refractivity contribution in [1.29, 1.82) is 5.26 Å². The Kier molecular flexibility index (Phi) is 4.78. The first-order chi connectivity index (χ1) is 11.7. The van der Waals surface area contributed by atoms with Crippen LogP contribution in [0.25, 0.3) is 0 Å². The molecule has 1 heterocycles. The molecular formula is C19H20N4O. The molecule has 0 aromatic heterocycles. The highest BCUT2D eigenvalue weighted by Gasteiger charge is 2.18. The second-order valence-corrected chi connectivity index (χ2v) is 5.95. The summed E-state index contributed by atoms with van der Waals surface area (Å²) >= 11 is 0. The van der Waals surface area contributed by atoms with Gasteiger partial charge in [0, 0.05) is 31.7 Å². The molecule has 122 valence electrons. The monoisotopic (exact) mass is 320 g/mol. The molecule has 0 bridgehead atoms. The number of nitrogens with zero attached hydrogens (tertiary/aromatic N) is 3. The number of amides is 1. The summed E-state index contributed by atoms with van der Waals surface area (Å²) in [6.45, 7) is 3.89. The lowest BCUT2D eigenvalue weighted by molar-refractivity contribution is 0.102. The fraction of sp³-hybridized carbons (Fsp3) is 0.263. The maximum absolute atomic E-state index is 12.5. The van der Waals surface area contributed by atoms with E-state index in [0.717, 1.165) is 37.6 Å². The van der Waals surface area contributed by atoms with E-state index < -0.39 is 0 Å². The molecule has 1 aliphatic rings. The topological polar surface area (TPSA) is 59.4 Å². The van der Waals surface area contributed by atoms with Crippen molar-refractivity contribution >= 4 is 17.3 Å². The maximum Gasteiger partial charge on any atom is 0.255 e. The number of anilines is 2. The number of rotatable bonds is 3. The summed E-state index contributed by atoms with van der Waals surface area (Å²) in [4.78, 5) is 17.1. The van der Waals surface area contributed by atoms with Crippen molar-refractivity contribution in [3.05, 3.63) is 59.7 Å². The highest BCUT2D eigenvalue weighted by Crippen LogP contribution is 2.27. The van der Waals surface area contributed by atoms with Gasteiger partial charge >= 0.3 is 0 Å². The van der Waals surface area contributed by atoms with E-state index in [1.54, 1.807) is 24.3 Å². The quantitative estimate of drug-likeness (QED) is 0.944. The molecule has 24 heavy (non-hydrogen) atoms. The molecule has 2 aromatic rings. The molecule has 5 nitrogen and oxygen atoms in total. The van der Waals surface area contributed by atoms with Crippen molar-refractivity contribution in [3.8, 4) is 6.07 Å². The number of likely N-dealkylation sites (N-methyl/N-ethyl adjacent to an activating group) is 1. The van der Waals surface area contributed by atoms with E-state index >= 15 is 0 Å². The minimum atomic E-state index is -0.200. The lowest BCUT2D eigenvalue weighted by Crippen LogP contribution is -2.44. The van der Waals surface area contributed by atoms with E-state index in [1.165, 1.54) is 0 Å². The third-order valence-electron chi connectivity index (χ3n) is 4.25. The van der Waals surface area contributed by atoms with Gasteiger partial charge in [-0.3, -0.25) is 4.79 Å². The van der Waals surface area contributed by atoms with E-state index in [2.05, 4.69) is 28.2 Å². The van der Waals surface area contributed by atoms with Gasteiger partial charge < -0.3 is 15.1 Å². The van der Waals surface area contributed by atoms with Gasteiger partial charge in [0.15, 0.2) is 0 Å². The Balaban J connectivity index is 1.80. The number of nitrogens with one attached hydrogen (secondary N) is 1. The van der Waals surface area contributed by atoms with Gasteiger partial charge in [0.1, 0.15) is 0 Å². The Hall–Kier alpha value is -2.84. The second kappa shape index (κ2) is 7.16. The van der Waals surface area contributed by atoms with Crippen LogP contribution in [0.5, 0.6) is 0 Å². The van der Waals surface area contributed by atoms with Crippen molar-refractivity contribution in [2.45, 2.75) is 0 Å². The van der Waals surface area contributed by atoms with Gasteiger partial charge in [0.2, 0.25) is 0 Å². The molecule has 5 heteroatoms. The molecule has 0 aliphatic carbocycles. The molecule has 0 saturated carbocycles. The van der Waals surface area contributed by atoms with Crippen molar-refractivity contribution in [2.24, 2.45) is 0 Å². The summed E-state index contributed by atoms with van der Waals surface area (Å²) < 4.78 is 0. The van der Waals surface area contributed by atoms with Crippen LogP contribution in [0, 0.1) is 11.3 Å². The predicted octanol–water partition coefficient (Wildman–Crippen LogP) is 2.56. The van der Waals surface area contributed by atoms with Crippen LogP contribution in [-0.4, -0.2) is 44.0 Å². The smallest absolute Gasteiger partial charge is 0.255 e. The van der Waals surface area contributed by atoms with E-state index in [-0.39, 0.29) is 5.91 Å². The SMILES string of the molecule is CN1CCN(c2ccccc2NC(=O)c2cccc(C#N)c2)CC1. The summed E-state index contributed by atoms with van der Waals surface area (Å²) in [5.41, 5.74) is 2.81. The average Bonchev–Trinajstić information content (AvgIpc) is 2.63.